The summed E-state index contributed by atoms with van der Waals surface area (Å²) in [5, 5.41) is 3.35. The third-order valence-corrected chi connectivity index (χ3v) is 4.01. The van der Waals surface area contributed by atoms with E-state index in [1.165, 1.54) is 6.07 Å². The highest BCUT2D eigenvalue weighted by atomic mass is 79.9. The molecule has 0 aliphatic carbocycles. The zero-order valence-electron chi connectivity index (χ0n) is 12.2. The number of likely N-dealkylation sites (N-methyl/N-ethyl adjacent to an activating group) is 1. The summed E-state index contributed by atoms with van der Waals surface area (Å²) < 4.78 is 20.1. The van der Waals surface area contributed by atoms with Gasteiger partial charge in [0.05, 0.1) is 11.6 Å². The maximum Gasteiger partial charge on any atom is 0.133 e. The van der Waals surface area contributed by atoms with Gasteiger partial charge >= 0.3 is 0 Å². The fraction of sp³-hybridized carbons (Fsp3) is 0.294. The van der Waals surface area contributed by atoms with Crippen LogP contribution in [0.4, 0.5) is 4.39 Å². The van der Waals surface area contributed by atoms with E-state index in [0.717, 1.165) is 28.8 Å². The number of benzene rings is 2. The second-order valence-electron chi connectivity index (χ2n) is 4.80. The van der Waals surface area contributed by atoms with Gasteiger partial charge in [-0.15, -0.1) is 0 Å². The van der Waals surface area contributed by atoms with Crippen molar-refractivity contribution < 1.29 is 9.13 Å². The summed E-state index contributed by atoms with van der Waals surface area (Å²) in [5.74, 6) is 0.626. The molecule has 2 nitrogen and oxygen atoms in total. The van der Waals surface area contributed by atoms with E-state index in [2.05, 4.69) is 21.2 Å². The molecule has 0 amide bonds. The lowest BCUT2D eigenvalue weighted by Crippen LogP contribution is -2.23. The van der Waals surface area contributed by atoms with Gasteiger partial charge in [0.15, 0.2) is 0 Å². The maximum atomic E-state index is 14.0. The molecule has 1 atom stereocenters. The quantitative estimate of drug-likeness (QED) is 0.827. The zero-order valence-corrected chi connectivity index (χ0v) is 13.8. The highest BCUT2D eigenvalue weighted by Crippen LogP contribution is 2.28. The Morgan fingerprint density at radius 1 is 1.24 bits per heavy atom. The molecule has 112 valence electrons. The highest BCUT2D eigenvalue weighted by Gasteiger charge is 2.15. The van der Waals surface area contributed by atoms with E-state index in [1.54, 1.807) is 13.2 Å². The Kier molecular flexibility index (Phi) is 5.76. The lowest BCUT2D eigenvalue weighted by Gasteiger charge is -2.19. The molecular formula is C17H19BrFNO. The first kappa shape index (κ1) is 16.0. The van der Waals surface area contributed by atoms with Gasteiger partial charge in [-0.1, -0.05) is 31.2 Å². The van der Waals surface area contributed by atoms with Crippen molar-refractivity contribution in [2.24, 2.45) is 0 Å². The number of rotatable bonds is 6. The van der Waals surface area contributed by atoms with E-state index in [-0.39, 0.29) is 11.9 Å². The molecule has 2 aromatic carbocycles. The Labute approximate surface area is 133 Å². The zero-order chi connectivity index (χ0) is 15.2. The van der Waals surface area contributed by atoms with Crippen LogP contribution >= 0.6 is 15.9 Å². The van der Waals surface area contributed by atoms with Gasteiger partial charge in [0.2, 0.25) is 0 Å². The van der Waals surface area contributed by atoms with Gasteiger partial charge in [0.1, 0.15) is 11.6 Å². The molecule has 0 heterocycles. The molecular weight excluding hydrogens is 333 g/mol. The Balaban J connectivity index is 2.24. The average Bonchev–Trinajstić information content (AvgIpc) is 2.47. The molecule has 0 aliphatic rings. The number of halogens is 2. The molecule has 21 heavy (non-hydrogen) atoms. The summed E-state index contributed by atoms with van der Waals surface area (Å²) in [7, 11) is 1.64. The second kappa shape index (κ2) is 7.57. The molecule has 4 heteroatoms. The van der Waals surface area contributed by atoms with Gasteiger partial charge in [-0.2, -0.15) is 0 Å². The SMILES string of the molecule is CCNC(Cc1ccc(OC)c(Br)c1)c1ccccc1F. The third kappa shape index (κ3) is 4.05. The highest BCUT2D eigenvalue weighted by molar-refractivity contribution is 9.10. The topological polar surface area (TPSA) is 21.3 Å². The van der Waals surface area contributed by atoms with Crippen molar-refractivity contribution in [1.29, 1.82) is 0 Å². The van der Waals surface area contributed by atoms with E-state index in [0.29, 0.717) is 5.56 Å². The van der Waals surface area contributed by atoms with Gasteiger partial charge < -0.3 is 10.1 Å². The normalized spacial score (nSPS) is 12.2. The monoisotopic (exact) mass is 351 g/mol. The van der Waals surface area contributed by atoms with Crippen molar-refractivity contribution in [3.05, 3.63) is 63.9 Å². The summed E-state index contributed by atoms with van der Waals surface area (Å²) in [6.45, 7) is 2.81. The smallest absolute Gasteiger partial charge is 0.133 e. The minimum Gasteiger partial charge on any atom is -0.496 e. The van der Waals surface area contributed by atoms with Crippen LogP contribution in [-0.4, -0.2) is 13.7 Å². The molecule has 0 spiro atoms. The largest absolute Gasteiger partial charge is 0.496 e. The lowest BCUT2D eigenvalue weighted by molar-refractivity contribution is 0.411. The molecule has 1 N–H and O–H groups in total. The maximum absolute atomic E-state index is 14.0. The van der Waals surface area contributed by atoms with Crippen LogP contribution in [0.25, 0.3) is 0 Å². The third-order valence-electron chi connectivity index (χ3n) is 3.39. The van der Waals surface area contributed by atoms with E-state index in [9.17, 15) is 4.39 Å². The molecule has 0 fully saturated rings. The van der Waals surface area contributed by atoms with Crippen molar-refractivity contribution in [1.82, 2.24) is 5.32 Å². The Morgan fingerprint density at radius 3 is 2.62 bits per heavy atom. The summed E-state index contributed by atoms with van der Waals surface area (Å²) in [5.41, 5.74) is 1.82. The molecule has 0 bridgehead atoms. The van der Waals surface area contributed by atoms with Crippen LogP contribution in [0.2, 0.25) is 0 Å². The van der Waals surface area contributed by atoms with Crippen LogP contribution in [0.3, 0.4) is 0 Å². The lowest BCUT2D eigenvalue weighted by atomic mass is 9.98. The van der Waals surface area contributed by atoms with Crippen molar-refractivity contribution in [3.63, 3.8) is 0 Å². The average molecular weight is 352 g/mol. The van der Waals surface area contributed by atoms with Crippen molar-refractivity contribution in [2.75, 3.05) is 13.7 Å². The molecule has 0 radical (unpaired) electrons. The number of hydrogen-bond acceptors (Lipinski definition) is 2. The first-order valence-corrected chi connectivity index (χ1v) is 7.75. The predicted molar refractivity (Wildman–Crippen MR) is 87.2 cm³/mol. The van der Waals surface area contributed by atoms with Crippen LogP contribution in [0.15, 0.2) is 46.9 Å². The van der Waals surface area contributed by atoms with E-state index >= 15 is 0 Å². The van der Waals surface area contributed by atoms with Crippen molar-refractivity contribution in [2.45, 2.75) is 19.4 Å². The van der Waals surface area contributed by atoms with Gasteiger partial charge in [-0.3, -0.25) is 0 Å². The molecule has 1 unspecified atom stereocenters. The molecule has 0 aliphatic heterocycles. The summed E-state index contributed by atoms with van der Waals surface area (Å²) in [6, 6.07) is 12.8. The predicted octanol–water partition coefficient (Wildman–Crippen LogP) is 4.49. The van der Waals surface area contributed by atoms with Crippen molar-refractivity contribution >= 4 is 15.9 Å². The Hall–Kier alpha value is -1.39. The number of nitrogens with one attached hydrogen (secondary N) is 1. The first-order chi connectivity index (χ1) is 10.2. The fourth-order valence-corrected chi connectivity index (χ4v) is 2.96. The van der Waals surface area contributed by atoms with Crippen LogP contribution in [0.1, 0.15) is 24.1 Å². The molecule has 0 saturated heterocycles. The number of ether oxygens (including phenoxy) is 1. The van der Waals surface area contributed by atoms with Crippen LogP contribution < -0.4 is 10.1 Å². The number of hydrogen-bond donors (Lipinski definition) is 1. The van der Waals surface area contributed by atoms with Gasteiger partial charge in [0, 0.05) is 11.6 Å². The Bertz CT molecular complexity index is 603. The minimum atomic E-state index is -0.170. The van der Waals surface area contributed by atoms with Gasteiger partial charge in [-0.25, -0.2) is 4.39 Å². The van der Waals surface area contributed by atoms with Gasteiger partial charge in [0.25, 0.3) is 0 Å². The second-order valence-corrected chi connectivity index (χ2v) is 5.66. The van der Waals surface area contributed by atoms with E-state index < -0.39 is 0 Å². The minimum absolute atomic E-state index is 0.0449. The van der Waals surface area contributed by atoms with E-state index in [1.807, 2.05) is 37.3 Å². The van der Waals surface area contributed by atoms with Crippen LogP contribution in [0.5, 0.6) is 5.75 Å². The summed E-state index contributed by atoms with van der Waals surface area (Å²) in [4.78, 5) is 0. The van der Waals surface area contributed by atoms with Crippen LogP contribution in [-0.2, 0) is 6.42 Å². The summed E-state index contributed by atoms with van der Waals surface area (Å²) >= 11 is 3.49. The first-order valence-electron chi connectivity index (χ1n) is 6.96. The Morgan fingerprint density at radius 2 is 2.00 bits per heavy atom. The fourth-order valence-electron chi connectivity index (χ4n) is 2.37. The molecule has 2 rings (SSSR count). The van der Waals surface area contributed by atoms with Gasteiger partial charge in [-0.05, 0) is 52.7 Å². The molecule has 0 saturated carbocycles. The molecule has 2 aromatic rings. The molecule has 0 aromatic heterocycles. The standard InChI is InChI=1S/C17H19BrFNO/c1-3-20-16(13-6-4-5-7-15(13)19)11-12-8-9-17(21-2)14(18)10-12/h4-10,16,20H,3,11H2,1-2H3. The van der Waals surface area contributed by atoms with Crippen molar-refractivity contribution in [3.8, 4) is 5.75 Å². The summed E-state index contributed by atoms with van der Waals surface area (Å²) in [6.07, 6.45) is 0.720. The van der Waals surface area contributed by atoms with E-state index in [4.69, 9.17) is 4.74 Å². The van der Waals surface area contributed by atoms with Crippen LogP contribution in [0, 0.1) is 5.82 Å². The number of methoxy groups -OCH3 is 1.